The first kappa shape index (κ1) is 16.2. The summed E-state index contributed by atoms with van der Waals surface area (Å²) in [5.74, 6) is 2.82. The number of nitrogens with one attached hydrogen (secondary N) is 1. The molecule has 0 spiro atoms. The van der Waals surface area contributed by atoms with Crippen LogP contribution in [0.15, 0.2) is 6.07 Å². The zero-order chi connectivity index (χ0) is 14.5. The van der Waals surface area contributed by atoms with Crippen molar-refractivity contribution in [2.24, 2.45) is 5.41 Å². The Hall–Kier alpha value is -0.830. The standard InChI is InChI=1S/C15H26ClN3/c1-6-15(7-2,9-16)10-17-13-8-12(5)18-14(19-13)11(3)4/h8,11H,6-7,9-10H2,1-5H3,(H,17,18,19). The summed E-state index contributed by atoms with van der Waals surface area (Å²) in [6.45, 7) is 11.5. The molecule has 0 saturated carbocycles. The van der Waals surface area contributed by atoms with E-state index in [4.69, 9.17) is 11.6 Å². The predicted molar refractivity (Wildman–Crippen MR) is 83.1 cm³/mol. The van der Waals surface area contributed by atoms with Crippen LogP contribution in [-0.4, -0.2) is 22.4 Å². The van der Waals surface area contributed by atoms with E-state index in [1.165, 1.54) is 0 Å². The van der Waals surface area contributed by atoms with Crippen LogP contribution in [0.4, 0.5) is 5.82 Å². The molecule has 0 amide bonds. The summed E-state index contributed by atoms with van der Waals surface area (Å²) in [5.41, 5.74) is 1.16. The third kappa shape index (κ3) is 4.34. The summed E-state index contributed by atoms with van der Waals surface area (Å²) in [4.78, 5) is 9.03. The van der Waals surface area contributed by atoms with Gasteiger partial charge in [-0.3, -0.25) is 0 Å². The molecule has 0 aliphatic heterocycles. The van der Waals surface area contributed by atoms with E-state index < -0.39 is 0 Å². The third-order valence-electron chi connectivity index (χ3n) is 3.82. The van der Waals surface area contributed by atoms with E-state index in [2.05, 4.69) is 43.0 Å². The Morgan fingerprint density at radius 3 is 2.37 bits per heavy atom. The molecule has 0 atom stereocenters. The number of aromatic nitrogens is 2. The van der Waals surface area contributed by atoms with Gasteiger partial charge in [0.05, 0.1) is 0 Å². The maximum absolute atomic E-state index is 6.13. The summed E-state index contributed by atoms with van der Waals surface area (Å²) in [5, 5.41) is 3.44. The summed E-state index contributed by atoms with van der Waals surface area (Å²) in [6.07, 6.45) is 2.14. The quantitative estimate of drug-likeness (QED) is 0.755. The molecule has 108 valence electrons. The van der Waals surface area contributed by atoms with Crippen molar-refractivity contribution in [1.82, 2.24) is 9.97 Å². The van der Waals surface area contributed by atoms with Crippen LogP contribution in [0.5, 0.6) is 0 Å². The van der Waals surface area contributed by atoms with Crippen LogP contribution in [0.2, 0.25) is 0 Å². The van der Waals surface area contributed by atoms with Gasteiger partial charge in [-0.25, -0.2) is 9.97 Å². The Morgan fingerprint density at radius 1 is 1.26 bits per heavy atom. The van der Waals surface area contributed by atoms with Gasteiger partial charge in [0.25, 0.3) is 0 Å². The second-order valence-corrected chi connectivity index (χ2v) is 5.87. The number of aryl methyl sites for hydroxylation is 1. The zero-order valence-corrected chi connectivity index (χ0v) is 13.5. The van der Waals surface area contributed by atoms with Gasteiger partial charge in [0, 0.05) is 35.5 Å². The van der Waals surface area contributed by atoms with Crippen molar-refractivity contribution in [2.75, 3.05) is 17.7 Å². The Bertz CT molecular complexity index is 392. The van der Waals surface area contributed by atoms with Crippen molar-refractivity contribution in [1.29, 1.82) is 0 Å². The van der Waals surface area contributed by atoms with Crippen molar-refractivity contribution >= 4 is 17.4 Å². The van der Waals surface area contributed by atoms with Crippen LogP contribution < -0.4 is 5.32 Å². The molecule has 1 aromatic rings. The summed E-state index contributed by atoms with van der Waals surface area (Å²) in [7, 11) is 0. The Balaban J connectivity index is 2.82. The number of hydrogen-bond acceptors (Lipinski definition) is 3. The number of rotatable bonds is 7. The number of alkyl halides is 1. The smallest absolute Gasteiger partial charge is 0.133 e. The van der Waals surface area contributed by atoms with E-state index in [1.54, 1.807) is 0 Å². The summed E-state index contributed by atoms with van der Waals surface area (Å²) < 4.78 is 0. The molecule has 0 saturated heterocycles. The number of nitrogens with zero attached hydrogens (tertiary/aromatic N) is 2. The van der Waals surface area contributed by atoms with Crippen LogP contribution >= 0.6 is 11.6 Å². The second-order valence-electron chi connectivity index (χ2n) is 5.60. The normalized spacial score (nSPS) is 11.9. The second kappa shape index (κ2) is 7.09. The first-order valence-corrected chi connectivity index (χ1v) is 7.65. The minimum Gasteiger partial charge on any atom is -0.369 e. The van der Waals surface area contributed by atoms with Gasteiger partial charge in [0.1, 0.15) is 11.6 Å². The van der Waals surface area contributed by atoms with E-state index in [1.807, 2.05) is 13.0 Å². The van der Waals surface area contributed by atoms with Crippen molar-refractivity contribution in [2.45, 2.75) is 53.4 Å². The molecule has 0 unspecified atom stereocenters. The minimum absolute atomic E-state index is 0.151. The van der Waals surface area contributed by atoms with Crippen molar-refractivity contribution in [3.63, 3.8) is 0 Å². The lowest BCUT2D eigenvalue weighted by molar-refractivity contribution is 0.326. The molecule has 0 aliphatic carbocycles. The Kier molecular flexibility index (Phi) is 6.05. The van der Waals surface area contributed by atoms with Gasteiger partial charge in [0.15, 0.2) is 0 Å². The SMILES string of the molecule is CCC(CC)(CCl)CNc1cc(C)nc(C(C)C)n1. The largest absolute Gasteiger partial charge is 0.369 e. The van der Waals surface area contributed by atoms with E-state index in [0.717, 1.165) is 36.7 Å². The minimum atomic E-state index is 0.151. The fraction of sp³-hybridized carbons (Fsp3) is 0.733. The summed E-state index contributed by atoms with van der Waals surface area (Å²) in [6, 6.07) is 2.00. The first-order valence-electron chi connectivity index (χ1n) is 7.11. The average molecular weight is 284 g/mol. The molecule has 1 heterocycles. The Labute approximate surface area is 122 Å². The lowest BCUT2D eigenvalue weighted by atomic mass is 9.84. The monoisotopic (exact) mass is 283 g/mol. The van der Waals surface area contributed by atoms with Gasteiger partial charge in [-0.05, 0) is 19.8 Å². The maximum Gasteiger partial charge on any atom is 0.133 e. The highest BCUT2D eigenvalue weighted by Gasteiger charge is 2.25. The van der Waals surface area contributed by atoms with Crippen LogP contribution in [0.1, 0.15) is 58.0 Å². The van der Waals surface area contributed by atoms with Crippen molar-refractivity contribution < 1.29 is 0 Å². The maximum atomic E-state index is 6.13. The molecule has 0 fully saturated rings. The van der Waals surface area contributed by atoms with Crippen LogP contribution in [0.25, 0.3) is 0 Å². The van der Waals surface area contributed by atoms with E-state index in [-0.39, 0.29) is 5.41 Å². The highest BCUT2D eigenvalue weighted by Crippen LogP contribution is 2.28. The molecule has 19 heavy (non-hydrogen) atoms. The zero-order valence-electron chi connectivity index (χ0n) is 12.8. The number of anilines is 1. The van der Waals surface area contributed by atoms with Gasteiger partial charge in [-0.2, -0.15) is 0 Å². The van der Waals surface area contributed by atoms with Crippen molar-refractivity contribution in [3.8, 4) is 0 Å². The van der Waals surface area contributed by atoms with Crippen molar-refractivity contribution in [3.05, 3.63) is 17.6 Å². The van der Waals surface area contributed by atoms with Gasteiger partial charge >= 0.3 is 0 Å². The van der Waals surface area contributed by atoms with Gasteiger partial charge in [-0.1, -0.05) is 27.7 Å². The highest BCUT2D eigenvalue weighted by atomic mass is 35.5. The third-order valence-corrected chi connectivity index (χ3v) is 4.38. The highest BCUT2D eigenvalue weighted by molar-refractivity contribution is 6.18. The molecule has 1 rings (SSSR count). The molecular formula is C15H26ClN3. The van der Waals surface area contributed by atoms with E-state index >= 15 is 0 Å². The Morgan fingerprint density at radius 2 is 1.89 bits per heavy atom. The topological polar surface area (TPSA) is 37.8 Å². The first-order chi connectivity index (χ1) is 8.96. The molecule has 0 radical (unpaired) electrons. The van der Waals surface area contributed by atoms with Crippen LogP contribution in [0.3, 0.4) is 0 Å². The lowest BCUT2D eigenvalue weighted by Gasteiger charge is -2.29. The van der Waals surface area contributed by atoms with Crippen LogP contribution in [-0.2, 0) is 0 Å². The van der Waals surface area contributed by atoms with E-state index in [0.29, 0.717) is 11.8 Å². The molecule has 1 N–H and O–H groups in total. The fourth-order valence-corrected chi connectivity index (χ4v) is 2.43. The molecule has 0 bridgehead atoms. The lowest BCUT2D eigenvalue weighted by Crippen LogP contribution is -2.30. The molecule has 0 aliphatic rings. The van der Waals surface area contributed by atoms with Crippen LogP contribution in [0, 0.1) is 12.3 Å². The van der Waals surface area contributed by atoms with E-state index in [9.17, 15) is 0 Å². The molecule has 1 aromatic heterocycles. The fourth-order valence-electron chi connectivity index (χ4n) is 1.95. The van der Waals surface area contributed by atoms with Gasteiger partial charge < -0.3 is 5.32 Å². The van der Waals surface area contributed by atoms with Gasteiger partial charge in [-0.15, -0.1) is 11.6 Å². The molecule has 0 aromatic carbocycles. The summed E-state index contributed by atoms with van der Waals surface area (Å²) >= 11 is 6.13. The average Bonchev–Trinajstić information content (AvgIpc) is 2.40. The molecule has 3 nitrogen and oxygen atoms in total. The molecule has 4 heteroatoms. The van der Waals surface area contributed by atoms with Gasteiger partial charge in [0.2, 0.25) is 0 Å². The predicted octanol–water partition coefficient (Wildman–Crippen LogP) is 4.37. The molecular weight excluding hydrogens is 258 g/mol. The number of hydrogen-bond donors (Lipinski definition) is 1. The number of halogens is 1.